The molecule has 0 saturated carbocycles. The van der Waals surface area contributed by atoms with Gasteiger partial charge in [0.15, 0.2) is 0 Å². The quantitative estimate of drug-likeness (QED) is 0.700. The van der Waals surface area contributed by atoms with Gasteiger partial charge < -0.3 is 0 Å². The lowest BCUT2D eigenvalue weighted by atomic mass is 9.99. The molecule has 0 spiro atoms. The lowest BCUT2D eigenvalue weighted by Gasteiger charge is -2.14. The Kier molecular flexibility index (Phi) is 6.67. The minimum atomic E-state index is -2.87. The molecule has 18 heavy (non-hydrogen) atoms. The van der Waals surface area contributed by atoms with Crippen LogP contribution in [0.15, 0.2) is 24.3 Å². The Hall–Kier alpha value is -0.0600. The van der Waals surface area contributed by atoms with Crippen molar-refractivity contribution in [3.63, 3.8) is 0 Å². The Morgan fingerprint density at radius 2 is 2.11 bits per heavy atom. The van der Waals surface area contributed by atoms with E-state index in [0.717, 1.165) is 22.3 Å². The molecule has 0 N–H and O–H groups in total. The number of alkyl halides is 1. The van der Waals surface area contributed by atoms with Crippen LogP contribution in [-0.4, -0.2) is 25.3 Å². The highest BCUT2D eigenvalue weighted by Gasteiger charge is 2.14. The van der Waals surface area contributed by atoms with Crippen molar-refractivity contribution in [1.82, 2.24) is 0 Å². The van der Waals surface area contributed by atoms with Crippen LogP contribution in [0, 0.1) is 5.92 Å². The van der Waals surface area contributed by atoms with Crippen molar-refractivity contribution >= 4 is 37.4 Å². The fourth-order valence-electron chi connectivity index (χ4n) is 1.72. The van der Waals surface area contributed by atoms with E-state index in [1.165, 1.54) is 0 Å². The van der Waals surface area contributed by atoms with Crippen LogP contribution < -0.4 is 0 Å². The van der Waals surface area contributed by atoms with E-state index < -0.39 is 9.84 Å². The summed E-state index contributed by atoms with van der Waals surface area (Å²) in [5, 5.41) is 1.53. The first-order chi connectivity index (χ1) is 8.46. The van der Waals surface area contributed by atoms with Crippen LogP contribution in [0.5, 0.6) is 0 Å². The fraction of sp³-hybridized carbons (Fsp3) is 0.538. The molecule has 5 heteroatoms. The van der Waals surface area contributed by atoms with Gasteiger partial charge in [-0.2, -0.15) is 0 Å². The van der Waals surface area contributed by atoms with E-state index in [0.29, 0.717) is 12.3 Å². The fourth-order valence-corrected chi connectivity index (χ4v) is 3.47. The van der Waals surface area contributed by atoms with Crippen LogP contribution in [0.25, 0.3) is 0 Å². The largest absolute Gasteiger partial charge is 0.229 e. The van der Waals surface area contributed by atoms with Gasteiger partial charge in [0, 0.05) is 16.1 Å². The van der Waals surface area contributed by atoms with Crippen molar-refractivity contribution in [3.8, 4) is 0 Å². The van der Waals surface area contributed by atoms with Gasteiger partial charge in [-0.1, -0.05) is 46.6 Å². The highest BCUT2D eigenvalue weighted by Crippen LogP contribution is 2.18. The molecule has 1 rings (SSSR count). The van der Waals surface area contributed by atoms with Gasteiger partial charge >= 0.3 is 0 Å². The Labute approximate surface area is 123 Å². The monoisotopic (exact) mass is 352 g/mol. The minimum absolute atomic E-state index is 0.221. The van der Waals surface area contributed by atoms with E-state index in [1.807, 2.05) is 24.3 Å². The molecule has 1 aromatic rings. The molecule has 0 radical (unpaired) electrons. The van der Waals surface area contributed by atoms with Crippen molar-refractivity contribution in [2.24, 2.45) is 5.92 Å². The summed E-state index contributed by atoms with van der Waals surface area (Å²) in [5.74, 6) is 0.809. The second-order valence-corrected chi connectivity index (χ2v) is 7.94. The van der Waals surface area contributed by atoms with Crippen LogP contribution in [0.2, 0.25) is 5.02 Å². The zero-order valence-electron chi connectivity index (χ0n) is 10.4. The van der Waals surface area contributed by atoms with Crippen LogP contribution in [-0.2, 0) is 16.3 Å². The smallest absolute Gasteiger partial charge is 0.150 e. The first-order valence-electron chi connectivity index (χ1n) is 5.97. The van der Waals surface area contributed by atoms with Gasteiger partial charge in [-0.05, 0) is 36.5 Å². The van der Waals surface area contributed by atoms with Crippen molar-refractivity contribution in [2.45, 2.75) is 19.8 Å². The number of sulfone groups is 1. The molecule has 1 aromatic carbocycles. The van der Waals surface area contributed by atoms with Gasteiger partial charge in [0.05, 0.1) is 5.75 Å². The van der Waals surface area contributed by atoms with Gasteiger partial charge in [0.25, 0.3) is 0 Å². The topological polar surface area (TPSA) is 34.1 Å². The maximum Gasteiger partial charge on any atom is 0.150 e. The summed E-state index contributed by atoms with van der Waals surface area (Å²) >= 11 is 9.39. The van der Waals surface area contributed by atoms with E-state index in [4.69, 9.17) is 11.6 Å². The molecular weight excluding hydrogens is 336 g/mol. The summed E-state index contributed by atoms with van der Waals surface area (Å²) in [4.78, 5) is 0. The molecule has 0 amide bonds. The maximum absolute atomic E-state index is 11.5. The van der Waals surface area contributed by atoms with Gasteiger partial charge in [0.1, 0.15) is 9.84 Å². The van der Waals surface area contributed by atoms with E-state index in [2.05, 4.69) is 15.9 Å². The van der Waals surface area contributed by atoms with Crippen molar-refractivity contribution in [3.05, 3.63) is 34.9 Å². The highest BCUT2D eigenvalue weighted by atomic mass is 79.9. The van der Waals surface area contributed by atoms with Crippen LogP contribution in [0.3, 0.4) is 0 Å². The van der Waals surface area contributed by atoms with Gasteiger partial charge in [-0.25, -0.2) is 8.42 Å². The third-order valence-corrected chi connectivity index (χ3v) is 5.80. The third kappa shape index (κ3) is 5.72. The van der Waals surface area contributed by atoms with Gasteiger partial charge in [-0.3, -0.25) is 0 Å². The second-order valence-electron chi connectivity index (χ2n) is 4.38. The van der Waals surface area contributed by atoms with Crippen molar-refractivity contribution in [2.75, 3.05) is 16.8 Å². The third-order valence-electron chi connectivity index (χ3n) is 2.91. The van der Waals surface area contributed by atoms with Crippen LogP contribution in [0.4, 0.5) is 0 Å². The average Bonchev–Trinajstić information content (AvgIpc) is 2.34. The first-order valence-corrected chi connectivity index (χ1v) is 9.29. The van der Waals surface area contributed by atoms with E-state index >= 15 is 0 Å². The summed E-state index contributed by atoms with van der Waals surface area (Å²) in [6, 6.07) is 7.73. The summed E-state index contributed by atoms with van der Waals surface area (Å²) in [5.41, 5.74) is 1.15. The number of hydrogen-bond donors (Lipinski definition) is 0. The van der Waals surface area contributed by atoms with Gasteiger partial charge in [-0.15, -0.1) is 0 Å². The SMILES string of the molecule is CCS(=O)(=O)CCC(CBr)Cc1cccc(Cl)c1. The normalized spacial score (nSPS) is 13.5. The summed E-state index contributed by atoms with van der Waals surface area (Å²) in [6.45, 7) is 1.69. The van der Waals surface area contributed by atoms with Crippen molar-refractivity contribution < 1.29 is 8.42 Å². The van der Waals surface area contributed by atoms with E-state index in [1.54, 1.807) is 6.92 Å². The lowest BCUT2D eigenvalue weighted by molar-refractivity contribution is 0.553. The van der Waals surface area contributed by atoms with E-state index in [-0.39, 0.29) is 11.5 Å². The molecule has 0 aliphatic carbocycles. The van der Waals surface area contributed by atoms with Crippen LogP contribution in [0.1, 0.15) is 18.9 Å². The summed E-state index contributed by atoms with van der Waals surface area (Å²) in [6.07, 6.45) is 1.54. The zero-order valence-corrected chi connectivity index (χ0v) is 13.6. The maximum atomic E-state index is 11.5. The Morgan fingerprint density at radius 3 is 2.67 bits per heavy atom. The molecule has 0 heterocycles. The molecule has 1 unspecified atom stereocenters. The Morgan fingerprint density at radius 1 is 1.39 bits per heavy atom. The average molecular weight is 354 g/mol. The molecular formula is C13H18BrClO2S. The number of halogens is 2. The molecule has 0 bridgehead atoms. The van der Waals surface area contributed by atoms with Crippen LogP contribution >= 0.6 is 27.5 Å². The lowest BCUT2D eigenvalue weighted by Crippen LogP contribution is -2.15. The first kappa shape index (κ1) is 16.0. The zero-order chi connectivity index (χ0) is 13.6. The number of hydrogen-bond acceptors (Lipinski definition) is 2. The molecule has 1 atom stereocenters. The molecule has 0 saturated heterocycles. The number of rotatable bonds is 7. The molecule has 0 aromatic heterocycles. The number of benzene rings is 1. The molecule has 0 aliphatic heterocycles. The van der Waals surface area contributed by atoms with Crippen molar-refractivity contribution in [1.29, 1.82) is 0 Å². The van der Waals surface area contributed by atoms with E-state index in [9.17, 15) is 8.42 Å². The predicted molar refractivity (Wildman–Crippen MR) is 81.4 cm³/mol. The Bertz CT molecular complexity index is 474. The summed E-state index contributed by atoms with van der Waals surface area (Å²) in [7, 11) is -2.87. The molecule has 2 nitrogen and oxygen atoms in total. The van der Waals surface area contributed by atoms with Gasteiger partial charge in [0.2, 0.25) is 0 Å². The summed E-state index contributed by atoms with van der Waals surface area (Å²) < 4.78 is 23.0. The highest BCUT2D eigenvalue weighted by molar-refractivity contribution is 9.09. The molecule has 0 fully saturated rings. The minimum Gasteiger partial charge on any atom is -0.229 e. The molecule has 102 valence electrons. The predicted octanol–water partition coefficient (Wildman–Crippen LogP) is 3.72. The Balaban J connectivity index is 2.57. The standard InChI is InChI=1S/C13H18BrClO2S/c1-2-18(16,17)7-6-12(10-14)8-11-4-3-5-13(15)9-11/h3-5,9,12H,2,6-8,10H2,1H3. The molecule has 0 aliphatic rings. The second kappa shape index (κ2) is 7.51.